The van der Waals surface area contributed by atoms with E-state index >= 15 is 0 Å². The van der Waals surface area contributed by atoms with Gasteiger partial charge < -0.3 is 14.4 Å². The van der Waals surface area contributed by atoms with Gasteiger partial charge in [0.15, 0.2) is 18.5 Å². The number of likely N-dealkylation sites (tertiary alicyclic amines) is 1. The standard InChI is InChI=1S/C14H17N3O3/c1-19-11-8-15-5-4-10(11)13-12(16-9-20-13)14(18)17-6-2-3-7-17/h4-5,8-9,12-13H,2-3,6-7H2,1H3/t12-,13+/m0/s1. The van der Waals surface area contributed by atoms with E-state index < -0.39 is 12.1 Å². The number of nitrogens with zero attached hydrogens (tertiary/aromatic N) is 3. The molecule has 1 saturated heterocycles. The van der Waals surface area contributed by atoms with E-state index in [1.165, 1.54) is 6.40 Å². The van der Waals surface area contributed by atoms with Crippen LogP contribution < -0.4 is 4.74 Å². The highest BCUT2D eigenvalue weighted by Gasteiger charge is 2.38. The van der Waals surface area contributed by atoms with Crippen molar-refractivity contribution >= 4 is 12.3 Å². The van der Waals surface area contributed by atoms with E-state index in [0.717, 1.165) is 31.5 Å². The molecule has 2 atom stereocenters. The Kier molecular flexibility index (Phi) is 3.54. The van der Waals surface area contributed by atoms with Crippen LogP contribution in [0.5, 0.6) is 5.75 Å². The van der Waals surface area contributed by atoms with Crippen LogP contribution in [0.4, 0.5) is 0 Å². The first-order valence-corrected chi connectivity index (χ1v) is 6.75. The molecule has 2 aliphatic heterocycles. The summed E-state index contributed by atoms with van der Waals surface area (Å²) < 4.78 is 10.8. The van der Waals surface area contributed by atoms with Crippen molar-refractivity contribution in [3.8, 4) is 5.75 Å². The van der Waals surface area contributed by atoms with Crippen LogP contribution in [0.25, 0.3) is 0 Å². The average molecular weight is 275 g/mol. The first kappa shape index (κ1) is 12.9. The number of carbonyl (C=O) groups excluding carboxylic acids is 1. The summed E-state index contributed by atoms with van der Waals surface area (Å²) in [5, 5.41) is 0. The third-order valence-electron chi connectivity index (χ3n) is 3.73. The second-order valence-corrected chi connectivity index (χ2v) is 4.91. The molecule has 3 rings (SSSR count). The van der Waals surface area contributed by atoms with E-state index in [9.17, 15) is 4.79 Å². The second kappa shape index (κ2) is 5.48. The molecule has 20 heavy (non-hydrogen) atoms. The summed E-state index contributed by atoms with van der Waals surface area (Å²) >= 11 is 0. The van der Waals surface area contributed by atoms with E-state index in [2.05, 4.69) is 9.98 Å². The number of rotatable bonds is 3. The van der Waals surface area contributed by atoms with Gasteiger partial charge >= 0.3 is 0 Å². The summed E-state index contributed by atoms with van der Waals surface area (Å²) in [6.07, 6.45) is 6.34. The van der Waals surface area contributed by atoms with Crippen molar-refractivity contribution in [2.75, 3.05) is 20.2 Å². The van der Waals surface area contributed by atoms with Crippen molar-refractivity contribution in [2.45, 2.75) is 25.0 Å². The lowest BCUT2D eigenvalue weighted by Gasteiger charge is -2.23. The van der Waals surface area contributed by atoms with Crippen LogP contribution in [-0.4, -0.2) is 48.4 Å². The highest BCUT2D eigenvalue weighted by molar-refractivity contribution is 5.85. The minimum atomic E-state index is -0.524. The molecule has 0 unspecified atom stereocenters. The van der Waals surface area contributed by atoms with Crippen LogP contribution in [-0.2, 0) is 9.53 Å². The molecule has 2 aliphatic rings. The van der Waals surface area contributed by atoms with E-state index in [4.69, 9.17) is 9.47 Å². The molecule has 1 aromatic rings. The third-order valence-corrected chi connectivity index (χ3v) is 3.73. The third kappa shape index (κ3) is 2.21. The van der Waals surface area contributed by atoms with Crippen molar-refractivity contribution in [2.24, 2.45) is 4.99 Å². The Morgan fingerprint density at radius 1 is 1.45 bits per heavy atom. The van der Waals surface area contributed by atoms with Gasteiger partial charge in [-0.3, -0.25) is 9.78 Å². The summed E-state index contributed by atoms with van der Waals surface area (Å²) in [4.78, 5) is 22.6. The van der Waals surface area contributed by atoms with Gasteiger partial charge in [0.1, 0.15) is 5.75 Å². The topological polar surface area (TPSA) is 64.0 Å². The zero-order chi connectivity index (χ0) is 13.9. The molecule has 0 radical (unpaired) electrons. The molecule has 0 spiro atoms. The van der Waals surface area contributed by atoms with Gasteiger partial charge in [0, 0.05) is 24.8 Å². The Morgan fingerprint density at radius 3 is 3.00 bits per heavy atom. The maximum atomic E-state index is 12.5. The number of methoxy groups -OCH3 is 1. The Hall–Kier alpha value is -2.11. The molecular formula is C14H17N3O3. The molecule has 0 saturated carbocycles. The predicted molar refractivity (Wildman–Crippen MR) is 72.7 cm³/mol. The summed E-state index contributed by atoms with van der Waals surface area (Å²) in [6, 6.07) is 1.28. The number of amides is 1. The number of carbonyl (C=O) groups is 1. The molecule has 1 fully saturated rings. The van der Waals surface area contributed by atoms with E-state index in [1.54, 1.807) is 19.5 Å². The largest absolute Gasteiger partial charge is 0.495 e. The van der Waals surface area contributed by atoms with Crippen LogP contribution in [0.3, 0.4) is 0 Å². The smallest absolute Gasteiger partial charge is 0.251 e. The van der Waals surface area contributed by atoms with Gasteiger partial charge in [-0.1, -0.05) is 0 Å². The Balaban J connectivity index is 1.84. The lowest BCUT2D eigenvalue weighted by molar-refractivity contribution is -0.133. The first-order chi connectivity index (χ1) is 9.81. The lowest BCUT2D eigenvalue weighted by atomic mass is 10.0. The van der Waals surface area contributed by atoms with Gasteiger partial charge in [-0.05, 0) is 18.9 Å². The number of aliphatic imine (C=N–C) groups is 1. The number of pyridine rings is 1. The van der Waals surface area contributed by atoms with Crippen LogP contribution in [0, 0.1) is 0 Å². The van der Waals surface area contributed by atoms with Gasteiger partial charge in [0.2, 0.25) is 0 Å². The van der Waals surface area contributed by atoms with Crippen molar-refractivity contribution in [1.82, 2.24) is 9.88 Å². The monoisotopic (exact) mass is 275 g/mol. The zero-order valence-corrected chi connectivity index (χ0v) is 11.4. The van der Waals surface area contributed by atoms with Crippen LogP contribution in [0.15, 0.2) is 23.5 Å². The molecular weight excluding hydrogens is 258 g/mol. The Labute approximate surface area is 117 Å². The van der Waals surface area contributed by atoms with Crippen molar-refractivity contribution in [3.63, 3.8) is 0 Å². The fraction of sp³-hybridized carbons (Fsp3) is 0.500. The molecule has 1 aromatic heterocycles. The van der Waals surface area contributed by atoms with Crippen molar-refractivity contribution in [3.05, 3.63) is 24.0 Å². The second-order valence-electron chi connectivity index (χ2n) is 4.91. The molecule has 1 amide bonds. The quantitative estimate of drug-likeness (QED) is 0.831. The summed E-state index contributed by atoms with van der Waals surface area (Å²) in [6.45, 7) is 1.62. The van der Waals surface area contributed by atoms with Gasteiger partial charge in [-0.2, -0.15) is 0 Å². The normalized spacial score (nSPS) is 24.8. The minimum absolute atomic E-state index is 0.0279. The number of ether oxygens (including phenoxy) is 2. The number of aromatic nitrogens is 1. The number of hydrogen-bond donors (Lipinski definition) is 0. The van der Waals surface area contributed by atoms with Gasteiger partial charge in [-0.15, -0.1) is 0 Å². The van der Waals surface area contributed by atoms with Crippen LogP contribution in [0.2, 0.25) is 0 Å². The Bertz CT molecular complexity index is 526. The molecule has 106 valence electrons. The predicted octanol–water partition coefficient (Wildman–Crippen LogP) is 1.18. The SMILES string of the molecule is COc1cnccc1[C@H]1OC=N[C@@H]1C(=O)N1CCCC1. The molecule has 6 heteroatoms. The van der Waals surface area contributed by atoms with E-state index in [0.29, 0.717) is 5.75 Å². The van der Waals surface area contributed by atoms with Gasteiger partial charge in [0.05, 0.1) is 13.3 Å². The molecule has 0 bridgehead atoms. The maximum absolute atomic E-state index is 12.5. The zero-order valence-electron chi connectivity index (χ0n) is 11.4. The summed E-state index contributed by atoms with van der Waals surface area (Å²) in [5.74, 6) is 0.641. The highest BCUT2D eigenvalue weighted by atomic mass is 16.5. The van der Waals surface area contributed by atoms with Crippen LogP contribution >= 0.6 is 0 Å². The fourth-order valence-corrected chi connectivity index (χ4v) is 2.68. The Morgan fingerprint density at radius 2 is 2.25 bits per heavy atom. The van der Waals surface area contributed by atoms with Gasteiger partial charge in [0.25, 0.3) is 5.91 Å². The molecule has 0 N–H and O–H groups in total. The summed E-state index contributed by atoms with van der Waals surface area (Å²) in [5.41, 5.74) is 0.803. The average Bonchev–Trinajstić information content (AvgIpc) is 3.17. The highest BCUT2D eigenvalue weighted by Crippen LogP contribution is 2.34. The van der Waals surface area contributed by atoms with Crippen molar-refractivity contribution in [1.29, 1.82) is 0 Å². The molecule has 0 aliphatic carbocycles. The maximum Gasteiger partial charge on any atom is 0.251 e. The van der Waals surface area contributed by atoms with Crippen molar-refractivity contribution < 1.29 is 14.3 Å². The molecule has 3 heterocycles. The fourth-order valence-electron chi connectivity index (χ4n) is 2.68. The lowest BCUT2D eigenvalue weighted by Crippen LogP contribution is -2.38. The minimum Gasteiger partial charge on any atom is -0.495 e. The van der Waals surface area contributed by atoms with Crippen LogP contribution in [0.1, 0.15) is 24.5 Å². The first-order valence-electron chi connectivity index (χ1n) is 6.75. The number of hydrogen-bond acceptors (Lipinski definition) is 5. The van der Waals surface area contributed by atoms with Gasteiger partial charge in [-0.25, -0.2) is 4.99 Å². The molecule has 6 nitrogen and oxygen atoms in total. The summed E-state index contributed by atoms with van der Waals surface area (Å²) in [7, 11) is 1.58. The van der Waals surface area contributed by atoms with E-state index in [1.807, 2.05) is 11.0 Å². The van der Waals surface area contributed by atoms with E-state index in [-0.39, 0.29) is 5.91 Å². The molecule has 0 aromatic carbocycles.